The van der Waals surface area contributed by atoms with Crippen molar-refractivity contribution in [3.63, 3.8) is 0 Å². The van der Waals surface area contributed by atoms with Crippen molar-refractivity contribution in [3.05, 3.63) is 35.2 Å². The molecule has 5 heteroatoms. The highest BCUT2D eigenvalue weighted by Crippen LogP contribution is 2.20. The first-order chi connectivity index (χ1) is 10.1. The molecule has 0 saturated carbocycles. The van der Waals surface area contributed by atoms with Crippen molar-refractivity contribution in [1.82, 2.24) is 15.5 Å². The van der Waals surface area contributed by atoms with Gasteiger partial charge in [-0.15, -0.1) is 0 Å². The zero-order chi connectivity index (χ0) is 15.2. The minimum atomic E-state index is 0.364. The molecule has 0 amide bonds. The SMILES string of the molecule is CCNC(Cc1nc(-c2cccc(Cl)c2)no1)CC(C)C. The van der Waals surface area contributed by atoms with E-state index < -0.39 is 0 Å². The molecule has 0 aliphatic heterocycles. The van der Waals surface area contributed by atoms with E-state index in [1.54, 1.807) is 0 Å². The molecule has 0 radical (unpaired) electrons. The van der Waals surface area contributed by atoms with Crippen molar-refractivity contribution >= 4 is 11.6 Å². The highest BCUT2D eigenvalue weighted by molar-refractivity contribution is 6.30. The largest absolute Gasteiger partial charge is 0.339 e. The molecule has 0 saturated heterocycles. The van der Waals surface area contributed by atoms with Gasteiger partial charge in [-0.2, -0.15) is 4.98 Å². The molecule has 2 rings (SSSR count). The van der Waals surface area contributed by atoms with Gasteiger partial charge in [-0.1, -0.05) is 49.7 Å². The molecule has 1 heterocycles. The Balaban J connectivity index is 2.08. The summed E-state index contributed by atoms with van der Waals surface area (Å²) in [5.41, 5.74) is 0.876. The summed E-state index contributed by atoms with van der Waals surface area (Å²) in [6.07, 6.45) is 1.84. The van der Waals surface area contributed by atoms with E-state index in [1.165, 1.54) is 0 Å². The molecule has 1 N–H and O–H groups in total. The predicted octanol–water partition coefficient (Wildman–Crippen LogP) is 3.96. The number of likely N-dealkylation sites (N-methyl/N-ethyl adjacent to an activating group) is 1. The van der Waals surface area contributed by atoms with Crippen molar-refractivity contribution in [1.29, 1.82) is 0 Å². The first-order valence-electron chi connectivity index (χ1n) is 7.40. The lowest BCUT2D eigenvalue weighted by Gasteiger charge is -2.17. The highest BCUT2D eigenvalue weighted by Gasteiger charge is 2.16. The molecule has 1 atom stereocenters. The molecule has 114 valence electrons. The summed E-state index contributed by atoms with van der Waals surface area (Å²) in [4.78, 5) is 4.47. The van der Waals surface area contributed by atoms with Crippen LogP contribution >= 0.6 is 11.6 Å². The topological polar surface area (TPSA) is 51.0 Å². The first kappa shape index (κ1) is 16.0. The third kappa shape index (κ3) is 4.83. The van der Waals surface area contributed by atoms with Gasteiger partial charge in [-0.3, -0.25) is 0 Å². The second kappa shape index (κ2) is 7.57. The van der Waals surface area contributed by atoms with Crippen molar-refractivity contribution in [2.75, 3.05) is 6.54 Å². The minimum Gasteiger partial charge on any atom is -0.339 e. The predicted molar refractivity (Wildman–Crippen MR) is 85.4 cm³/mol. The smallest absolute Gasteiger partial charge is 0.228 e. The van der Waals surface area contributed by atoms with E-state index in [0.717, 1.165) is 24.9 Å². The van der Waals surface area contributed by atoms with E-state index in [0.29, 0.717) is 28.7 Å². The summed E-state index contributed by atoms with van der Waals surface area (Å²) in [5, 5.41) is 8.19. The molecule has 0 spiro atoms. The average molecular weight is 308 g/mol. The molecule has 1 aromatic heterocycles. The number of benzene rings is 1. The third-order valence-electron chi connectivity index (χ3n) is 3.22. The highest BCUT2D eigenvalue weighted by atomic mass is 35.5. The van der Waals surface area contributed by atoms with Gasteiger partial charge in [0.15, 0.2) is 0 Å². The van der Waals surface area contributed by atoms with Gasteiger partial charge in [-0.05, 0) is 31.0 Å². The molecule has 1 aromatic carbocycles. The molecular weight excluding hydrogens is 286 g/mol. The Kier molecular flexibility index (Phi) is 5.76. The van der Waals surface area contributed by atoms with Crippen LogP contribution in [0.4, 0.5) is 0 Å². The average Bonchev–Trinajstić information content (AvgIpc) is 2.87. The van der Waals surface area contributed by atoms with Crippen LogP contribution in [0.25, 0.3) is 11.4 Å². The van der Waals surface area contributed by atoms with Gasteiger partial charge >= 0.3 is 0 Å². The van der Waals surface area contributed by atoms with E-state index in [9.17, 15) is 0 Å². The molecular formula is C16H22ClN3O. The number of rotatable bonds is 7. The van der Waals surface area contributed by atoms with Crippen molar-refractivity contribution in [3.8, 4) is 11.4 Å². The molecule has 1 unspecified atom stereocenters. The van der Waals surface area contributed by atoms with Crippen molar-refractivity contribution in [2.24, 2.45) is 5.92 Å². The van der Waals surface area contributed by atoms with Crippen LogP contribution in [-0.2, 0) is 6.42 Å². The lowest BCUT2D eigenvalue weighted by atomic mass is 10.0. The van der Waals surface area contributed by atoms with Crippen LogP contribution in [0, 0.1) is 5.92 Å². The van der Waals surface area contributed by atoms with Gasteiger partial charge in [0, 0.05) is 23.0 Å². The Hall–Kier alpha value is -1.39. The van der Waals surface area contributed by atoms with Gasteiger partial charge in [0.1, 0.15) is 0 Å². The van der Waals surface area contributed by atoms with Crippen molar-refractivity contribution < 1.29 is 4.52 Å². The van der Waals surface area contributed by atoms with Gasteiger partial charge in [0.2, 0.25) is 11.7 Å². The van der Waals surface area contributed by atoms with Crippen LogP contribution in [0.3, 0.4) is 0 Å². The monoisotopic (exact) mass is 307 g/mol. The normalized spacial score (nSPS) is 12.8. The second-order valence-corrected chi connectivity index (χ2v) is 6.05. The number of hydrogen-bond donors (Lipinski definition) is 1. The van der Waals surface area contributed by atoms with E-state index in [4.69, 9.17) is 16.1 Å². The molecule has 2 aromatic rings. The number of hydrogen-bond acceptors (Lipinski definition) is 4. The fourth-order valence-electron chi connectivity index (χ4n) is 2.39. The number of nitrogens with zero attached hydrogens (tertiary/aromatic N) is 2. The second-order valence-electron chi connectivity index (χ2n) is 5.61. The lowest BCUT2D eigenvalue weighted by molar-refractivity contribution is 0.340. The molecule has 4 nitrogen and oxygen atoms in total. The Bertz CT molecular complexity index is 568. The fraction of sp³-hybridized carbons (Fsp3) is 0.500. The maximum absolute atomic E-state index is 5.99. The van der Waals surface area contributed by atoms with Gasteiger partial charge in [-0.25, -0.2) is 0 Å². The van der Waals surface area contributed by atoms with Crippen LogP contribution in [0.1, 0.15) is 33.1 Å². The summed E-state index contributed by atoms with van der Waals surface area (Å²) >= 11 is 5.99. The summed E-state index contributed by atoms with van der Waals surface area (Å²) in [6, 6.07) is 7.84. The number of nitrogens with one attached hydrogen (secondary N) is 1. The summed E-state index contributed by atoms with van der Waals surface area (Å²) < 4.78 is 5.37. The molecule has 0 aliphatic rings. The first-order valence-corrected chi connectivity index (χ1v) is 7.78. The van der Waals surface area contributed by atoms with Crippen LogP contribution in [-0.4, -0.2) is 22.7 Å². The van der Waals surface area contributed by atoms with Gasteiger partial charge in [0.05, 0.1) is 0 Å². The van der Waals surface area contributed by atoms with Crippen LogP contribution in [0.2, 0.25) is 5.02 Å². The zero-order valence-electron chi connectivity index (χ0n) is 12.8. The van der Waals surface area contributed by atoms with Gasteiger partial charge in [0.25, 0.3) is 0 Å². The number of halogens is 1. The molecule has 0 fully saturated rings. The molecule has 0 bridgehead atoms. The maximum atomic E-state index is 5.99. The summed E-state index contributed by atoms with van der Waals surface area (Å²) in [6.45, 7) is 7.48. The standard InChI is InChI=1S/C16H22ClN3O/c1-4-18-14(8-11(2)3)10-15-19-16(20-21-15)12-6-5-7-13(17)9-12/h5-7,9,11,14,18H,4,8,10H2,1-3H3. The fourth-order valence-corrected chi connectivity index (χ4v) is 2.58. The lowest BCUT2D eigenvalue weighted by Crippen LogP contribution is -2.32. The Morgan fingerprint density at radius 2 is 2.14 bits per heavy atom. The van der Waals surface area contributed by atoms with E-state index >= 15 is 0 Å². The summed E-state index contributed by atoms with van der Waals surface area (Å²) in [7, 11) is 0. The summed E-state index contributed by atoms with van der Waals surface area (Å²) in [5.74, 6) is 1.88. The number of aromatic nitrogens is 2. The van der Waals surface area contributed by atoms with Crippen LogP contribution in [0.5, 0.6) is 0 Å². The van der Waals surface area contributed by atoms with Crippen LogP contribution in [0.15, 0.2) is 28.8 Å². The van der Waals surface area contributed by atoms with E-state index in [1.807, 2.05) is 24.3 Å². The van der Waals surface area contributed by atoms with Gasteiger partial charge < -0.3 is 9.84 Å². The van der Waals surface area contributed by atoms with Crippen LogP contribution < -0.4 is 5.32 Å². The Morgan fingerprint density at radius 3 is 2.81 bits per heavy atom. The zero-order valence-corrected chi connectivity index (χ0v) is 13.5. The molecule has 21 heavy (non-hydrogen) atoms. The Morgan fingerprint density at radius 1 is 1.33 bits per heavy atom. The minimum absolute atomic E-state index is 0.364. The van der Waals surface area contributed by atoms with E-state index in [-0.39, 0.29) is 0 Å². The third-order valence-corrected chi connectivity index (χ3v) is 3.46. The van der Waals surface area contributed by atoms with E-state index in [2.05, 4.69) is 36.2 Å². The van der Waals surface area contributed by atoms with Crippen molar-refractivity contribution in [2.45, 2.75) is 39.7 Å². The maximum Gasteiger partial charge on any atom is 0.228 e. The Labute approximate surface area is 130 Å². The molecule has 0 aliphatic carbocycles. The quantitative estimate of drug-likeness (QED) is 0.841.